The highest BCUT2D eigenvalue weighted by Gasteiger charge is 2.24. The number of aromatic nitrogens is 1. The molecular weight excluding hydrogens is 233 g/mol. The molecule has 1 aromatic heterocycles. The fourth-order valence-corrected chi connectivity index (χ4v) is 1.73. The van der Waals surface area contributed by atoms with E-state index in [1.54, 1.807) is 0 Å². The third kappa shape index (κ3) is 2.45. The molecule has 1 aromatic rings. The van der Waals surface area contributed by atoms with Crippen LogP contribution in [0.2, 0.25) is 0 Å². The van der Waals surface area contributed by atoms with E-state index in [9.17, 15) is 21.6 Å². The Morgan fingerprint density at radius 1 is 1.47 bits per heavy atom. The van der Waals surface area contributed by atoms with Crippen molar-refractivity contribution in [1.82, 2.24) is 4.98 Å². The Labute approximate surface area is 84.0 Å². The molecule has 0 aliphatic carbocycles. The van der Waals surface area contributed by atoms with Crippen LogP contribution < -0.4 is 5.14 Å². The Hall–Kier alpha value is -1.15. The molecule has 0 saturated heterocycles. The van der Waals surface area contributed by atoms with Crippen LogP contribution in [-0.2, 0) is 10.0 Å². The standard InChI is InChI=1S/C7H7F3N2O2S/c1-3-2-4(15(11,13)14)5(6(8)9)12-7(3)10/h2,6H,1H3,(H2,11,13,14). The predicted octanol–water partition coefficient (Wildman–Crippen LogP) is 1.11. The van der Waals surface area contributed by atoms with Crippen LogP contribution in [0.25, 0.3) is 0 Å². The van der Waals surface area contributed by atoms with Crippen molar-refractivity contribution in [2.45, 2.75) is 18.2 Å². The van der Waals surface area contributed by atoms with Gasteiger partial charge in [-0.15, -0.1) is 0 Å². The lowest BCUT2D eigenvalue weighted by molar-refractivity contribution is 0.141. The molecule has 84 valence electrons. The van der Waals surface area contributed by atoms with E-state index in [0.29, 0.717) is 0 Å². The van der Waals surface area contributed by atoms with Gasteiger partial charge >= 0.3 is 0 Å². The molecule has 0 amide bonds. The number of nitrogens with two attached hydrogens (primary N) is 1. The Morgan fingerprint density at radius 2 is 2.00 bits per heavy atom. The molecule has 2 N–H and O–H groups in total. The van der Waals surface area contributed by atoms with Gasteiger partial charge in [-0.25, -0.2) is 27.3 Å². The van der Waals surface area contributed by atoms with Crippen molar-refractivity contribution < 1.29 is 21.6 Å². The first-order valence-electron chi connectivity index (χ1n) is 3.71. The molecule has 0 aromatic carbocycles. The first-order chi connectivity index (χ1) is 6.73. The van der Waals surface area contributed by atoms with Crippen molar-refractivity contribution >= 4 is 10.0 Å². The maximum atomic E-state index is 12.8. The number of aryl methyl sites for hydroxylation is 1. The third-order valence-electron chi connectivity index (χ3n) is 1.66. The summed E-state index contributed by atoms with van der Waals surface area (Å²) in [6, 6.07) is 0.735. The summed E-state index contributed by atoms with van der Waals surface area (Å²) in [5.41, 5.74) is -1.33. The van der Waals surface area contributed by atoms with Gasteiger partial charge in [0.2, 0.25) is 16.0 Å². The van der Waals surface area contributed by atoms with Crippen molar-refractivity contribution in [3.05, 3.63) is 23.3 Å². The largest absolute Gasteiger partial charge is 0.281 e. The van der Waals surface area contributed by atoms with Crippen molar-refractivity contribution in [3.63, 3.8) is 0 Å². The van der Waals surface area contributed by atoms with E-state index in [1.807, 2.05) is 0 Å². The van der Waals surface area contributed by atoms with Gasteiger partial charge in [-0.05, 0) is 13.0 Å². The molecule has 15 heavy (non-hydrogen) atoms. The summed E-state index contributed by atoms with van der Waals surface area (Å²) in [5.74, 6) is -1.14. The van der Waals surface area contributed by atoms with Crippen LogP contribution in [0.3, 0.4) is 0 Å². The third-order valence-corrected chi connectivity index (χ3v) is 2.60. The van der Waals surface area contributed by atoms with Crippen molar-refractivity contribution in [1.29, 1.82) is 0 Å². The van der Waals surface area contributed by atoms with Crippen LogP contribution in [0.4, 0.5) is 13.2 Å². The van der Waals surface area contributed by atoms with E-state index < -0.39 is 33.0 Å². The van der Waals surface area contributed by atoms with Gasteiger partial charge in [0.25, 0.3) is 6.43 Å². The summed E-state index contributed by atoms with van der Waals surface area (Å²) in [4.78, 5) is 2.01. The Bertz CT molecular complexity index is 487. The molecule has 0 spiro atoms. The average Bonchev–Trinajstić information content (AvgIpc) is 2.06. The van der Waals surface area contributed by atoms with Crippen LogP contribution in [0, 0.1) is 12.9 Å². The van der Waals surface area contributed by atoms with Crippen LogP contribution in [0.5, 0.6) is 0 Å². The molecule has 0 unspecified atom stereocenters. The summed E-state index contributed by atoms with van der Waals surface area (Å²) in [5, 5.41) is 4.69. The van der Waals surface area contributed by atoms with Gasteiger partial charge in [-0.1, -0.05) is 0 Å². The molecule has 1 heterocycles. The zero-order valence-electron chi connectivity index (χ0n) is 7.54. The number of rotatable bonds is 2. The van der Waals surface area contributed by atoms with Gasteiger partial charge < -0.3 is 0 Å². The number of hydrogen-bond acceptors (Lipinski definition) is 3. The summed E-state index contributed by atoms with van der Waals surface area (Å²) < 4.78 is 59.3. The number of nitrogens with zero attached hydrogens (tertiary/aromatic N) is 1. The van der Waals surface area contributed by atoms with E-state index >= 15 is 0 Å². The number of hydrogen-bond donors (Lipinski definition) is 1. The van der Waals surface area contributed by atoms with Crippen LogP contribution in [-0.4, -0.2) is 13.4 Å². The molecule has 0 saturated carbocycles. The zero-order valence-corrected chi connectivity index (χ0v) is 8.35. The molecule has 0 atom stereocenters. The number of halogens is 3. The predicted molar refractivity (Wildman–Crippen MR) is 45.3 cm³/mol. The normalized spacial score (nSPS) is 12.1. The highest BCUT2D eigenvalue weighted by molar-refractivity contribution is 7.89. The SMILES string of the molecule is Cc1cc(S(N)(=O)=O)c(C(F)F)nc1F. The topological polar surface area (TPSA) is 73.1 Å². The molecule has 0 bridgehead atoms. The molecular formula is C7H7F3N2O2S. The van der Waals surface area contributed by atoms with E-state index in [1.165, 1.54) is 6.92 Å². The summed E-state index contributed by atoms with van der Waals surface area (Å²) in [6.45, 7) is 1.20. The fourth-order valence-electron chi connectivity index (χ4n) is 0.963. The highest BCUT2D eigenvalue weighted by atomic mass is 32.2. The second kappa shape index (κ2) is 3.78. The quantitative estimate of drug-likeness (QED) is 0.787. The first kappa shape index (κ1) is 11.9. The van der Waals surface area contributed by atoms with E-state index in [4.69, 9.17) is 5.14 Å². The minimum Gasteiger partial charge on any atom is -0.225 e. The Kier molecular flexibility index (Phi) is 3.00. The second-order valence-corrected chi connectivity index (χ2v) is 4.36. The summed E-state index contributed by atoms with van der Waals surface area (Å²) in [6.07, 6.45) is -3.20. The monoisotopic (exact) mass is 240 g/mol. The Balaban J connectivity index is 3.56. The van der Waals surface area contributed by atoms with E-state index in [-0.39, 0.29) is 5.56 Å². The van der Waals surface area contributed by atoms with Crippen molar-refractivity contribution in [2.24, 2.45) is 5.14 Å². The number of sulfonamides is 1. The van der Waals surface area contributed by atoms with Gasteiger partial charge in [-0.3, -0.25) is 0 Å². The molecule has 0 aliphatic rings. The summed E-state index contributed by atoms with van der Waals surface area (Å²) >= 11 is 0. The number of pyridine rings is 1. The Morgan fingerprint density at radius 3 is 2.40 bits per heavy atom. The highest BCUT2D eigenvalue weighted by Crippen LogP contribution is 2.25. The minimum absolute atomic E-state index is 0.163. The molecule has 0 radical (unpaired) electrons. The van der Waals surface area contributed by atoms with Gasteiger partial charge in [0.15, 0.2) is 0 Å². The zero-order chi connectivity index (χ0) is 11.8. The number of primary sulfonamides is 1. The molecule has 0 fully saturated rings. The van der Waals surface area contributed by atoms with Gasteiger partial charge in [0.05, 0.1) is 0 Å². The average molecular weight is 240 g/mol. The van der Waals surface area contributed by atoms with Gasteiger partial charge in [0, 0.05) is 5.56 Å². The summed E-state index contributed by atoms with van der Waals surface area (Å²) in [7, 11) is -4.33. The lowest BCUT2D eigenvalue weighted by atomic mass is 10.2. The van der Waals surface area contributed by atoms with Crippen LogP contribution in [0.15, 0.2) is 11.0 Å². The minimum atomic E-state index is -4.33. The lowest BCUT2D eigenvalue weighted by Gasteiger charge is -2.07. The van der Waals surface area contributed by atoms with Gasteiger partial charge in [0.1, 0.15) is 10.6 Å². The molecule has 8 heteroatoms. The molecule has 4 nitrogen and oxygen atoms in total. The van der Waals surface area contributed by atoms with Crippen LogP contribution >= 0.6 is 0 Å². The first-order valence-corrected chi connectivity index (χ1v) is 5.26. The second-order valence-electron chi connectivity index (χ2n) is 2.83. The van der Waals surface area contributed by atoms with Crippen molar-refractivity contribution in [3.8, 4) is 0 Å². The maximum Gasteiger partial charge on any atom is 0.281 e. The van der Waals surface area contributed by atoms with E-state index in [2.05, 4.69) is 4.98 Å². The molecule has 1 rings (SSSR count). The lowest BCUT2D eigenvalue weighted by Crippen LogP contribution is -2.17. The smallest absolute Gasteiger partial charge is 0.225 e. The molecule has 0 aliphatic heterocycles. The number of alkyl halides is 2. The van der Waals surface area contributed by atoms with Crippen LogP contribution in [0.1, 0.15) is 17.7 Å². The maximum absolute atomic E-state index is 12.8. The van der Waals surface area contributed by atoms with Crippen molar-refractivity contribution in [2.75, 3.05) is 0 Å². The fraction of sp³-hybridized carbons (Fsp3) is 0.286. The van der Waals surface area contributed by atoms with Gasteiger partial charge in [-0.2, -0.15) is 4.39 Å². The van der Waals surface area contributed by atoms with E-state index in [0.717, 1.165) is 6.07 Å².